The number of hydrogen-bond acceptors (Lipinski definition) is 5. The van der Waals surface area contributed by atoms with Gasteiger partial charge in [0.1, 0.15) is 16.9 Å². The van der Waals surface area contributed by atoms with E-state index in [1.54, 1.807) is 18.3 Å². The second-order valence-corrected chi connectivity index (χ2v) is 6.16. The standard InChI is InChI=1S/C15H18N4OS/c1-8-7-21-15(17-8)9(2)19-13-5-4-11(16)6-12(13)18-14(19)10(3)20/h4-7,9-10,20H,16H2,1-3H3. The molecule has 3 N–H and O–H groups in total. The van der Waals surface area contributed by atoms with Gasteiger partial charge in [0.05, 0.1) is 17.1 Å². The summed E-state index contributed by atoms with van der Waals surface area (Å²) < 4.78 is 2.04. The predicted octanol–water partition coefficient (Wildman–Crippen LogP) is 3.05. The van der Waals surface area contributed by atoms with Gasteiger partial charge in [0.15, 0.2) is 0 Å². The quantitative estimate of drug-likeness (QED) is 0.729. The molecule has 0 saturated carbocycles. The number of nitrogens with two attached hydrogens (primary N) is 1. The van der Waals surface area contributed by atoms with Crippen LogP contribution in [0.5, 0.6) is 0 Å². The largest absolute Gasteiger partial charge is 0.399 e. The molecule has 5 nitrogen and oxygen atoms in total. The molecule has 2 aromatic heterocycles. The van der Waals surface area contributed by atoms with Crippen molar-refractivity contribution in [2.24, 2.45) is 0 Å². The molecule has 0 saturated heterocycles. The molecule has 0 spiro atoms. The fraction of sp³-hybridized carbons (Fsp3) is 0.333. The maximum atomic E-state index is 10.0. The number of benzene rings is 1. The Morgan fingerprint density at radius 3 is 2.67 bits per heavy atom. The lowest BCUT2D eigenvalue weighted by Gasteiger charge is -2.16. The first-order valence-corrected chi connectivity index (χ1v) is 7.72. The third kappa shape index (κ3) is 2.41. The summed E-state index contributed by atoms with van der Waals surface area (Å²) in [6.07, 6.45) is -0.651. The van der Waals surface area contributed by atoms with Gasteiger partial charge in [-0.25, -0.2) is 9.97 Å². The van der Waals surface area contributed by atoms with Crippen molar-refractivity contribution in [3.63, 3.8) is 0 Å². The first kappa shape index (κ1) is 14.0. The molecule has 0 aliphatic heterocycles. The zero-order valence-corrected chi connectivity index (χ0v) is 13.1. The molecule has 0 bridgehead atoms. The zero-order chi connectivity index (χ0) is 15.1. The average molecular weight is 302 g/mol. The highest BCUT2D eigenvalue weighted by atomic mass is 32.1. The Morgan fingerprint density at radius 1 is 1.29 bits per heavy atom. The molecular weight excluding hydrogens is 284 g/mol. The lowest BCUT2D eigenvalue weighted by molar-refractivity contribution is 0.183. The van der Waals surface area contributed by atoms with E-state index in [0.717, 1.165) is 21.7 Å². The Morgan fingerprint density at radius 2 is 2.05 bits per heavy atom. The summed E-state index contributed by atoms with van der Waals surface area (Å²) in [4.78, 5) is 9.09. The molecule has 2 unspecified atom stereocenters. The summed E-state index contributed by atoms with van der Waals surface area (Å²) in [6, 6.07) is 5.64. The van der Waals surface area contributed by atoms with Gasteiger partial charge in [-0.15, -0.1) is 11.3 Å². The van der Waals surface area contributed by atoms with E-state index in [9.17, 15) is 5.11 Å². The van der Waals surface area contributed by atoms with Crippen molar-refractivity contribution in [1.29, 1.82) is 0 Å². The van der Waals surface area contributed by atoms with Crippen molar-refractivity contribution in [2.75, 3.05) is 5.73 Å². The van der Waals surface area contributed by atoms with Crippen LogP contribution in [0.4, 0.5) is 5.69 Å². The number of aromatic nitrogens is 3. The van der Waals surface area contributed by atoms with E-state index in [-0.39, 0.29) is 6.04 Å². The van der Waals surface area contributed by atoms with Gasteiger partial charge < -0.3 is 15.4 Å². The molecule has 21 heavy (non-hydrogen) atoms. The number of anilines is 1. The van der Waals surface area contributed by atoms with E-state index < -0.39 is 6.10 Å². The molecule has 0 aliphatic carbocycles. The van der Waals surface area contributed by atoms with Crippen LogP contribution in [0.3, 0.4) is 0 Å². The fourth-order valence-corrected chi connectivity index (χ4v) is 3.35. The van der Waals surface area contributed by atoms with Gasteiger partial charge >= 0.3 is 0 Å². The number of aliphatic hydroxyl groups is 1. The number of aliphatic hydroxyl groups excluding tert-OH is 1. The van der Waals surface area contributed by atoms with Crippen molar-refractivity contribution in [1.82, 2.24) is 14.5 Å². The molecular formula is C15H18N4OS. The second-order valence-electron chi connectivity index (χ2n) is 5.27. The third-order valence-corrected chi connectivity index (χ3v) is 4.63. The number of hydrogen-bond donors (Lipinski definition) is 2. The van der Waals surface area contributed by atoms with Crippen LogP contribution in [0.1, 0.15) is 42.5 Å². The summed E-state index contributed by atoms with van der Waals surface area (Å²) in [5.74, 6) is 0.635. The number of rotatable bonds is 3. The second kappa shape index (κ2) is 5.13. The van der Waals surface area contributed by atoms with E-state index in [1.165, 1.54) is 0 Å². The molecule has 0 radical (unpaired) electrons. The van der Waals surface area contributed by atoms with E-state index in [1.807, 2.05) is 35.1 Å². The Balaban J connectivity index is 2.21. The Kier molecular flexibility index (Phi) is 3.43. The Bertz CT molecular complexity index is 790. The van der Waals surface area contributed by atoms with Gasteiger partial charge in [0.2, 0.25) is 0 Å². The number of nitrogen functional groups attached to an aromatic ring is 1. The normalized spacial score (nSPS) is 14.5. The van der Waals surface area contributed by atoms with E-state index >= 15 is 0 Å². The first-order chi connectivity index (χ1) is 9.97. The average Bonchev–Trinajstić information content (AvgIpc) is 3.01. The molecule has 6 heteroatoms. The Hall–Kier alpha value is -1.92. The molecule has 3 aromatic rings. The van der Waals surface area contributed by atoms with E-state index in [2.05, 4.69) is 16.9 Å². The molecule has 0 fully saturated rings. The van der Waals surface area contributed by atoms with Crippen molar-refractivity contribution in [2.45, 2.75) is 32.9 Å². The van der Waals surface area contributed by atoms with Gasteiger partial charge in [0.25, 0.3) is 0 Å². The highest BCUT2D eigenvalue weighted by Gasteiger charge is 2.21. The van der Waals surface area contributed by atoms with Crippen LogP contribution >= 0.6 is 11.3 Å². The molecule has 2 atom stereocenters. The van der Waals surface area contributed by atoms with Gasteiger partial charge in [-0.3, -0.25) is 0 Å². The highest BCUT2D eigenvalue weighted by Crippen LogP contribution is 2.31. The first-order valence-electron chi connectivity index (χ1n) is 6.85. The maximum absolute atomic E-state index is 10.0. The summed E-state index contributed by atoms with van der Waals surface area (Å²) >= 11 is 1.62. The number of thiazole rings is 1. The SMILES string of the molecule is Cc1csc(C(C)n2c(C(C)O)nc3cc(N)ccc32)n1. The van der Waals surface area contributed by atoms with E-state index in [4.69, 9.17) is 5.73 Å². The molecule has 0 aliphatic rings. The maximum Gasteiger partial charge on any atom is 0.139 e. The van der Waals surface area contributed by atoms with Crippen molar-refractivity contribution in [3.8, 4) is 0 Å². The van der Waals surface area contributed by atoms with Crippen LogP contribution in [0.2, 0.25) is 0 Å². The Labute approximate surface area is 127 Å². The molecule has 1 aromatic carbocycles. The van der Waals surface area contributed by atoms with Gasteiger partial charge in [0, 0.05) is 16.8 Å². The number of aryl methyl sites for hydroxylation is 1. The van der Waals surface area contributed by atoms with Crippen LogP contribution < -0.4 is 5.73 Å². The van der Waals surface area contributed by atoms with Crippen molar-refractivity contribution in [3.05, 3.63) is 40.1 Å². The molecule has 2 heterocycles. The summed E-state index contributed by atoms with van der Waals surface area (Å²) in [6.45, 7) is 5.78. The van der Waals surface area contributed by atoms with Crippen molar-refractivity contribution >= 4 is 28.1 Å². The zero-order valence-electron chi connectivity index (χ0n) is 12.2. The molecule has 110 valence electrons. The number of imidazole rings is 1. The van der Waals surface area contributed by atoms with E-state index in [0.29, 0.717) is 11.5 Å². The van der Waals surface area contributed by atoms with Gasteiger partial charge in [-0.1, -0.05) is 0 Å². The summed E-state index contributed by atoms with van der Waals surface area (Å²) in [7, 11) is 0. The molecule has 3 rings (SSSR count). The third-order valence-electron chi connectivity index (χ3n) is 3.50. The van der Waals surface area contributed by atoms with Crippen LogP contribution in [0.25, 0.3) is 11.0 Å². The van der Waals surface area contributed by atoms with Gasteiger partial charge in [-0.05, 0) is 39.0 Å². The summed E-state index contributed by atoms with van der Waals surface area (Å²) in [5, 5.41) is 13.1. The molecule has 0 amide bonds. The summed E-state index contributed by atoms with van der Waals surface area (Å²) in [5.41, 5.74) is 9.26. The highest BCUT2D eigenvalue weighted by molar-refractivity contribution is 7.09. The monoisotopic (exact) mass is 302 g/mol. The lowest BCUT2D eigenvalue weighted by Crippen LogP contribution is -2.12. The van der Waals surface area contributed by atoms with Crippen LogP contribution in [-0.4, -0.2) is 19.6 Å². The van der Waals surface area contributed by atoms with Crippen molar-refractivity contribution < 1.29 is 5.11 Å². The predicted molar refractivity (Wildman–Crippen MR) is 85.4 cm³/mol. The lowest BCUT2D eigenvalue weighted by atomic mass is 10.2. The van der Waals surface area contributed by atoms with Crippen LogP contribution in [0, 0.1) is 6.92 Å². The van der Waals surface area contributed by atoms with Crippen LogP contribution in [-0.2, 0) is 0 Å². The minimum absolute atomic E-state index is 0.0157. The number of nitrogens with zero attached hydrogens (tertiary/aromatic N) is 3. The number of fused-ring (bicyclic) bond motifs is 1. The fourth-order valence-electron chi connectivity index (χ4n) is 2.51. The van der Waals surface area contributed by atoms with Gasteiger partial charge in [-0.2, -0.15) is 0 Å². The minimum atomic E-state index is -0.651. The smallest absolute Gasteiger partial charge is 0.139 e. The van der Waals surface area contributed by atoms with Crippen LogP contribution in [0.15, 0.2) is 23.6 Å². The topological polar surface area (TPSA) is 77.0 Å². The minimum Gasteiger partial charge on any atom is -0.399 e.